The summed E-state index contributed by atoms with van der Waals surface area (Å²) in [6.07, 6.45) is 9.31. The van der Waals surface area contributed by atoms with Gasteiger partial charge in [0.15, 0.2) is 5.96 Å². The van der Waals surface area contributed by atoms with Crippen molar-refractivity contribution < 1.29 is 4.74 Å². The summed E-state index contributed by atoms with van der Waals surface area (Å²) in [4.78, 5) is 11.7. The molecule has 4 rings (SSSR count). The number of fused-ring (bicyclic) bond motifs is 1. The number of rotatable bonds is 6. The predicted molar refractivity (Wildman–Crippen MR) is 123 cm³/mol. The maximum absolute atomic E-state index is 5.60. The Hall–Kier alpha value is -2.18. The van der Waals surface area contributed by atoms with Crippen molar-refractivity contribution in [3.63, 3.8) is 0 Å². The number of nitrogens with zero attached hydrogens (tertiary/aromatic N) is 3. The molecule has 1 saturated carbocycles. The molecule has 1 aliphatic heterocycles. The number of guanidine groups is 1. The van der Waals surface area contributed by atoms with Crippen LogP contribution in [0.3, 0.4) is 0 Å². The molecule has 162 valence electrons. The summed E-state index contributed by atoms with van der Waals surface area (Å²) >= 11 is 0. The first-order chi connectivity index (χ1) is 14.8. The van der Waals surface area contributed by atoms with E-state index in [1.54, 1.807) is 0 Å². The minimum atomic E-state index is 0.235. The number of nitrogens with one attached hydrogen (secondary N) is 2. The Balaban J connectivity index is 1.33. The van der Waals surface area contributed by atoms with Crippen LogP contribution in [-0.4, -0.2) is 67.8 Å². The normalized spacial score (nSPS) is 20.2. The van der Waals surface area contributed by atoms with Crippen molar-refractivity contribution in [2.24, 2.45) is 4.99 Å². The molecule has 1 saturated heterocycles. The van der Waals surface area contributed by atoms with Gasteiger partial charge >= 0.3 is 0 Å². The number of morpholine rings is 1. The fraction of sp³-hybridized carbons (Fsp3) is 0.583. The van der Waals surface area contributed by atoms with Crippen molar-refractivity contribution in [3.05, 3.63) is 42.1 Å². The first-order valence-electron chi connectivity index (χ1n) is 11.4. The second-order valence-electron chi connectivity index (χ2n) is 8.48. The largest absolute Gasteiger partial charge is 0.379 e. The zero-order chi connectivity index (χ0) is 20.7. The van der Waals surface area contributed by atoms with Crippen LogP contribution in [0.1, 0.15) is 37.7 Å². The number of hydrogen-bond acceptors (Lipinski definition) is 4. The number of ether oxygens (including phenoxy) is 1. The predicted octanol–water partition coefficient (Wildman–Crippen LogP) is 2.98. The van der Waals surface area contributed by atoms with Gasteiger partial charge in [-0.25, -0.2) is 0 Å². The zero-order valence-electron chi connectivity index (χ0n) is 18.2. The minimum Gasteiger partial charge on any atom is -0.379 e. The van der Waals surface area contributed by atoms with Crippen LogP contribution in [0.15, 0.2) is 41.5 Å². The number of aromatic nitrogens is 1. The van der Waals surface area contributed by atoms with Crippen molar-refractivity contribution in [1.29, 1.82) is 0 Å². The lowest BCUT2D eigenvalue weighted by molar-refractivity contribution is -0.0352. The third-order valence-corrected chi connectivity index (χ3v) is 6.68. The van der Waals surface area contributed by atoms with Crippen LogP contribution < -0.4 is 10.6 Å². The molecule has 6 heteroatoms. The van der Waals surface area contributed by atoms with Gasteiger partial charge < -0.3 is 15.4 Å². The highest BCUT2D eigenvalue weighted by atomic mass is 16.5. The van der Waals surface area contributed by atoms with Gasteiger partial charge in [0.2, 0.25) is 0 Å². The molecule has 2 aliphatic rings. The van der Waals surface area contributed by atoms with E-state index in [2.05, 4.69) is 49.8 Å². The van der Waals surface area contributed by atoms with E-state index in [1.165, 1.54) is 43.1 Å². The van der Waals surface area contributed by atoms with E-state index in [-0.39, 0.29) is 5.54 Å². The first kappa shape index (κ1) is 21.1. The molecule has 2 aromatic rings. The van der Waals surface area contributed by atoms with Crippen LogP contribution in [0.5, 0.6) is 0 Å². The standard InChI is InChI=1S/C24H35N5O/c1-25-23(27-14-10-21-8-5-7-20-9-6-13-26-22(20)21)28-19-24(11-3-2-4-12-24)29-15-17-30-18-16-29/h5-9,13H,2-4,10-12,14-19H2,1H3,(H2,25,27,28). The van der Waals surface area contributed by atoms with Crippen molar-refractivity contribution in [1.82, 2.24) is 20.5 Å². The van der Waals surface area contributed by atoms with E-state index in [4.69, 9.17) is 4.74 Å². The molecule has 0 unspecified atom stereocenters. The van der Waals surface area contributed by atoms with Gasteiger partial charge in [0.05, 0.1) is 18.7 Å². The molecule has 0 spiro atoms. The zero-order valence-corrected chi connectivity index (χ0v) is 18.2. The van der Waals surface area contributed by atoms with E-state index < -0.39 is 0 Å². The molecule has 1 aliphatic carbocycles. The first-order valence-corrected chi connectivity index (χ1v) is 11.4. The third-order valence-electron chi connectivity index (χ3n) is 6.68. The van der Waals surface area contributed by atoms with E-state index >= 15 is 0 Å². The maximum atomic E-state index is 5.60. The molecule has 1 aromatic heterocycles. The van der Waals surface area contributed by atoms with Crippen LogP contribution in [0.4, 0.5) is 0 Å². The Morgan fingerprint density at radius 3 is 2.70 bits per heavy atom. The molecule has 1 aromatic carbocycles. The monoisotopic (exact) mass is 409 g/mol. The summed E-state index contributed by atoms with van der Waals surface area (Å²) in [7, 11) is 1.86. The molecule has 2 heterocycles. The second-order valence-corrected chi connectivity index (χ2v) is 8.48. The van der Waals surface area contributed by atoms with Gasteiger partial charge in [-0.3, -0.25) is 14.9 Å². The van der Waals surface area contributed by atoms with Crippen LogP contribution in [0.2, 0.25) is 0 Å². The van der Waals surface area contributed by atoms with Crippen LogP contribution in [-0.2, 0) is 11.2 Å². The van der Waals surface area contributed by atoms with Gasteiger partial charge in [0.25, 0.3) is 0 Å². The number of para-hydroxylation sites is 1. The lowest BCUT2D eigenvalue weighted by atomic mass is 9.80. The molecular formula is C24H35N5O. The lowest BCUT2D eigenvalue weighted by Gasteiger charge is -2.48. The van der Waals surface area contributed by atoms with E-state index in [0.29, 0.717) is 0 Å². The van der Waals surface area contributed by atoms with Gasteiger partial charge in [-0.1, -0.05) is 43.5 Å². The fourth-order valence-corrected chi connectivity index (χ4v) is 5.01. The van der Waals surface area contributed by atoms with Gasteiger partial charge in [-0.05, 0) is 30.9 Å². The molecule has 0 atom stereocenters. The van der Waals surface area contributed by atoms with E-state index in [0.717, 1.165) is 57.3 Å². The molecule has 2 fully saturated rings. The van der Waals surface area contributed by atoms with Gasteiger partial charge in [-0.15, -0.1) is 0 Å². The smallest absolute Gasteiger partial charge is 0.191 e. The average Bonchev–Trinajstić information content (AvgIpc) is 2.82. The highest BCUT2D eigenvalue weighted by Gasteiger charge is 2.38. The minimum absolute atomic E-state index is 0.235. The number of hydrogen-bond donors (Lipinski definition) is 2. The van der Waals surface area contributed by atoms with Crippen molar-refractivity contribution in [3.8, 4) is 0 Å². The van der Waals surface area contributed by atoms with E-state index in [9.17, 15) is 0 Å². The Morgan fingerprint density at radius 2 is 1.90 bits per heavy atom. The van der Waals surface area contributed by atoms with Crippen LogP contribution in [0.25, 0.3) is 10.9 Å². The molecule has 0 radical (unpaired) electrons. The Kier molecular flexibility index (Phi) is 7.18. The van der Waals surface area contributed by atoms with Crippen molar-refractivity contribution >= 4 is 16.9 Å². The average molecular weight is 410 g/mol. The molecule has 2 N–H and O–H groups in total. The van der Waals surface area contributed by atoms with Gasteiger partial charge in [0, 0.05) is 50.3 Å². The molecule has 6 nitrogen and oxygen atoms in total. The lowest BCUT2D eigenvalue weighted by Crippen LogP contribution is -2.60. The Morgan fingerprint density at radius 1 is 1.10 bits per heavy atom. The number of benzene rings is 1. The summed E-state index contributed by atoms with van der Waals surface area (Å²) in [5.74, 6) is 0.890. The van der Waals surface area contributed by atoms with Gasteiger partial charge in [-0.2, -0.15) is 0 Å². The summed E-state index contributed by atoms with van der Waals surface area (Å²) in [5, 5.41) is 8.35. The fourth-order valence-electron chi connectivity index (χ4n) is 5.01. The Labute approximate surface area is 180 Å². The van der Waals surface area contributed by atoms with E-state index in [1.807, 2.05) is 19.3 Å². The van der Waals surface area contributed by atoms with Crippen LogP contribution in [0, 0.1) is 0 Å². The SMILES string of the molecule is CN=C(NCCc1cccc2cccnc12)NCC1(N2CCOCC2)CCCCC1. The molecular weight excluding hydrogens is 374 g/mol. The Bertz CT molecular complexity index is 835. The van der Waals surface area contributed by atoms with Gasteiger partial charge in [0.1, 0.15) is 0 Å². The topological polar surface area (TPSA) is 61.8 Å². The maximum Gasteiger partial charge on any atom is 0.191 e. The molecule has 0 bridgehead atoms. The third kappa shape index (κ3) is 4.93. The summed E-state index contributed by atoms with van der Waals surface area (Å²) in [6.45, 7) is 5.58. The highest BCUT2D eigenvalue weighted by Crippen LogP contribution is 2.33. The highest BCUT2D eigenvalue weighted by molar-refractivity contribution is 5.82. The van der Waals surface area contributed by atoms with Crippen molar-refractivity contribution in [2.45, 2.75) is 44.1 Å². The number of pyridine rings is 1. The molecule has 30 heavy (non-hydrogen) atoms. The summed E-state index contributed by atoms with van der Waals surface area (Å²) in [6, 6.07) is 10.5. The summed E-state index contributed by atoms with van der Waals surface area (Å²) < 4.78 is 5.60. The quantitative estimate of drug-likeness (QED) is 0.567. The summed E-state index contributed by atoms with van der Waals surface area (Å²) in [5.41, 5.74) is 2.60. The second kappa shape index (κ2) is 10.2. The number of aliphatic imine (C=N–C) groups is 1. The van der Waals surface area contributed by atoms with Crippen LogP contribution >= 0.6 is 0 Å². The molecule has 0 amide bonds. The van der Waals surface area contributed by atoms with Crippen molar-refractivity contribution in [2.75, 3.05) is 46.4 Å².